The molecular formula is C13H18O4S. The quantitative estimate of drug-likeness (QED) is 0.850. The van der Waals surface area contributed by atoms with Crippen molar-refractivity contribution in [2.45, 2.75) is 30.6 Å². The zero-order valence-electron chi connectivity index (χ0n) is 10.1. The minimum absolute atomic E-state index is 0.373. The average Bonchev–Trinajstić information content (AvgIpc) is 2.37. The van der Waals surface area contributed by atoms with E-state index in [0.29, 0.717) is 6.42 Å². The van der Waals surface area contributed by atoms with Crippen molar-refractivity contribution in [3.63, 3.8) is 0 Å². The van der Waals surface area contributed by atoms with Crippen molar-refractivity contribution in [3.8, 4) is 0 Å². The summed E-state index contributed by atoms with van der Waals surface area (Å²) in [6.45, 7) is -0.520. The molecule has 1 aliphatic carbocycles. The van der Waals surface area contributed by atoms with Crippen LogP contribution in [0.4, 0.5) is 0 Å². The zero-order chi connectivity index (χ0) is 13.2. The van der Waals surface area contributed by atoms with E-state index in [4.69, 9.17) is 5.11 Å². The van der Waals surface area contributed by atoms with Crippen molar-refractivity contribution < 1.29 is 18.6 Å². The van der Waals surface area contributed by atoms with Crippen LogP contribution in [0.2, 0.25) is 0 Å². The number of aliphatic hydroxyl groups is 2. The van der Waals surface area contributed by atoms with E-state index in [9.17, 15) is 13.5 Å². The van der Waals surface area contributed by atoms with Crippen LogP contribution in [0.1, 0.15) is 29.2 Å². The van der Waals surface area contributed by atoms with E-state index in [-0.39, 0.29) is 5.75 Å². The summed E-state index contributed by atoms with van der Waals surface area (Å²) in [6.07, 6.45) is 1.15. The van der Waals surface area contributed by atoms with Gasteiger partial charge < -0.3 is 10.2 Å². The Morgan fingerprint density at radius 2 is 2.06 bits per heavy atom. The number of rotatable bonds is 4. The molecule has 2 N–H and O–H groups in total. The predicted octanol–water partition coefficient (Wildman–Crippen LogP) is 0.832. The van der Waals surface area contributed by atoms with Crippen LogP contribution in [0.5, 0.6) is 0 Å². The maximum Gasteiger partial charge on any atom is 0.159 e. The molecule has 0 saturated carbocycles. The first-order valence-corrected chi connectivity index (χ1v) is 7.84. The Bertz CT molecular complexity index is 509. The molecular weight excluding hydrogens is 252 g/mol. The van der Waals surface area contributed by atoms with Crippen molar-refractivity contribution in [1.82, 2.24) is 0 Å². The first-order valence-electron chi connectivity index (χ1n) is 6.13. The van der Waals surface area contributed by atoms with Gasteiger partial charge in [-0.25, -0.2) is 8.42 Å². The maximum absolute atomic E-state index is 12.2. The van der Waals surface area contributed by atoms with Crippen LogP contribution in [0.25, 0.3) is 0 Å². The Morgan fingerprint density at radius 1 is 1.33 bits per heavy atom. The van der Waals surface area contributed by atoms with E-state index in [1.807, 2.05) is 24.3 Å². The topological polar surface area (TPSA) is 74.6 Å². The highest BCUT2D eigenvalue weighted by molar-refractivity contribution is 7.91. The standard InChI is InChI=1S/C13H18O4S/c14-8-11(15)9-18(16,17)13-7-3-5-10-4-1-2-6-12(10)13/h1-2,4,6,11,13-15H,3,5,7-9H2/t11-,13+/m1/s1. The number of sulfone groups is 1. The van der Waals surface area contributed by atoms with Crippen molar-refractivity contribution in [3.05, 3.63) is 35.4 Å². The molecule has 1 aromatic carbocycles. The Labute approximate surface area is 107 Å². The van der Waals surface area contributed by atoms with Gasteiger partial charge in [0.25, 0.3) is 0 Å². The fourth-order valence-electron chi connectivity index (χ4n) is 2.52. The van der Waals surface area contributed by atoms with Crippen molar-refractivity contribution in [2.24, 2.45) is 0 Å². The van der Waals surface area contributed by atoms with Gasteiger partial charge >= 0.3 is 0 Å². The van der Waals surface area contributed by atoms with Gasteiger partial charge in [-0.15, -0.1) is 0 Å². The molecule has 0 saturated heterocycles. The molecule has 0 unspecified atom stereocenters. The largest absolute Gasteiger partial charge is 0.394 e. The molecule has 0 aliphatic heterocycles. The fraction of sp³-hybridized carbons (Fsp3) is 0.538. The molecule has 0 bridgehead atoms. The third-order valence-corrected chi connectivity index (χ3v) is 5.59. The SMILES string of the molecule is O=S(=O)(C[C@H](O)CO)[C@H]1CCCc2ccccc21. The number of hydrogen-bond donors (Lipinski definition) is 2. The Morgan fingerprint density at radius 3 is 2.78 bits per heavy atom. The molecule has 18 heavy (non-hydrogen) atoms. The van der Waals surface area contributed by atoms with E-state index >= 15 is 0 Å². The molecule has 1 aliphatic rings. The second-order valence-corrected chi connectivity index (χ2v) is 6.97. The molecule has 5 heteroatoms. The lowest BCUT2D eigenvalue weighted by molar-refractivity contribution is 0.112. The summed E-state index contributed by atoms with van der Waals surface area (Å²) in [7, 11) is -3.42. The lowest BCUT2D eigenvalue weighted by atomic mass is 9.91. The van der Waals surface area contributed by atoms with Crippen LogP contribution in [-0.4, -0.2) is 37.1 Å². The highest BCUT2D eigenvalue weighted by atomic mass is 32.2. The second kappa shape index (κ2) is 5.38. The van der Waals surface area contributed by atoms with E-state index in [0.717, 1.165) is 24.0 Å². The van der Waals surface area contributed by atoms with Crippen LogP contribution in [0, 0.1) is 0 Å². The molecule has 2 atom stereocenters. The predicted molar refractivity (Wildman–Crippen MR) is 69.0 cm³/mol. The van der Waals surface area contributed by atoms with Gasteiger partial charge in [0.05, 0.1) is 23.7 Å². The molecule has 0 amide bonds. The Kier molecular flexibility index (Phi) is 4.04. The van der Waals surface area contributed by atoms with Gasteiger partial charge in [-0.3, -0.25) is 0 Å². The summed E-state index contributed by atoms with van der Waals surface area (Å²) < 4.78 is 24.5. The summed E-state index contributed by atoms with van der Waals surface area (Å²) in [4.78, 5) is 0. The third kappa shape index (κ3) is 2.74. The second-order valence-electron chi connectivity index (χ2n) is 4.75. The molecule has 0 aromatic heterocycles. The highest BCUT2D eigenvalue weighted by Gasteiger charge is 2.32. The van der Waals surface area contributed by atoms with Gasteiger partial charge in [-0.2, -0.15) is 0 Å². The van der Waals surface area contributed by atoms with Crippen LogP contribution >= 0.6 is 0 Å². The van der Waals surface area contributed by atoms with E-state index in [2.05, 4.69) is 0 Å². The molecule has 0 radical (unpaired) electrons. The molecule has 2 rings (SSSR count). The highest BCUT2D eigenvalue weighted by Crippen LogP contribution is 2.35. The first kappa shape index (κ1) is 13.5. The Balaban J connectivity index is 2.30. The molecule has 4 nitrogen and oxygen atoms in total. The monoisotopic (exact) mass is 270 g/mol. The maximum atomic E-state index is 12.2. The number of fused-ring (bicyclic) bond motifs is 1. The summed E-state index contributed by atoms with van der Waals surface area (Å²) in [6, 6.07) is 7.56. The minimum Gasteiger partial charge on any atom is -0.394 e. The molecule has 0 fully saturated rings. The lowest BCUT2D eigenvalue weighted by Crippen LogP contribution is -2.29. The van der Waals surface area contributed by atoms with Crippen LogP contribution in [-0.2, 0) is 16.3 Å². The van der Waals surface area contributed by atoms with Gasteiger partial charge in [0, 0.05) is 0 Å². The minimum atomic E-state index is -3.42. The number of aryl methyl sites for hydroxylation is 1. The van der Waals surface area contributed by atoms with Crippen LogP contribution in [0.3, 0.4) is 0 Å². The number of aliphatic hydroxyl groups excluding tert-OH is 2. The fourth-order valence-corrected chi connectivity index (χ4v) is 4.54. The Hall–Kier alpha value is -0.910. The number of hydrogen-bond acceptors (Lipinski definition) is 4. The van der Waals surface area contributed by atoms with Crippen LogP contribution in [0.15, 0.2) is 24.3 Å². The molecule has 1 aromatic rings. The van der Waals surface area contributed by atoms with Crippen LogP contribution < -0.4 is 0 Å². The smallest absolute Gasteiger partial charge is 0.159 e. The van der Waals surface area contributed by atoms with Gasteiger partial charge in [0.2, 0.25) is 0 Å². The molecule has 0 spiro atoms. The van der Waals surface area contributed by atoms with Crippen molar-refractivity contribution in [2.75, 3.05) is 12.4 Å². The lowest BCUT2D eigenvalue weighted by Gasteiger charge is -2.26. The first-order chi connectivity index (χ1) is 8.54. The molecule has 0 heterocycles. The van der Waals surface area contributed by atoms with Gasteiger partial charge in [-0.1, -0.05) is 24.3 Å². The zero-order valence-corrected chi connectivity index (χ0v) is 10.9. The van der Waals surface area contributed by atoms with Crippen molar-refractivity contribution >= 4 is 9.84 Å². The van der Waals surface area contributed by atoms with E-state index < -0.39 is 27.8 Å². The summed E-state index contributed by atoms with van der Waals surface area (Å²) in [5, 5.41) is 17.6. The van der Waals surface area contributed by atoms with Gasteiger partial charge in [0.1, 0.15) is 0 Å². The summed E-state index contributed by atoms with van der Waals surface area (Å²) >= 11 is 0. The third-order valence-electron chi connectivity index (χ3n) is 3.38. The summed E-state index contributed by atoms with van der Waals surface area (Å²) in [5.41, 5.74) is 1.93. The summed E-state index contributed by atoms with van der Waals surface area (Å²) in [5.74, 6) is -0.373. The number of benzene rings is 1. The van der Waals surface area contributed by atoms with Gasteiger partial charge in [0.15, 0.2) is 9.84 Å². The normalized spacial score (nSPS) is 21.3. The van der Waals surface area contributed by atoms with E-state index in [1.54, 1.807) is 0 Å². The van der Waals surface area contributed by atoms with Gasteiger partial charge in [-0.05, 0) is 30.4 Å². The van der Waals surface area contributed by atoms with Crippen molar-refractivity contribution in [1.29, 1.82) is 0 Å². The molecule has 100 valence electrons. The average molecular weight is 270 g/mol. The van der Waals surface area contributed by atoms with E-state index in [1.165, 1.54) is 0 Å².